The van der Waals surface area contributed by atoms with Crippen molar-refractivity contribution in [3.8, 4) is 6.07 Å². The summed E-state index contributed by atoms with van der Waals surface area (Å²) in [5, 5.41) is 18.8. The van der Waals surface area contributed by atoms with Gasteiger partial charge in [0.05, 0.1) is 17.2 Å². The van der Waals surface area contributed by atoms with E-state index in [0.717, 1.165) is 23.2 Å². The first kappa shape index (κ1) is 11.0. The molecule has 0 bridgehead atoms. The lowest BCUT2D eigenvalue weighted by molar-refractivity contribution is 0.00852. The monoisotopic (exact) mass is 216 g/mol. The van der Waals surface area contributed by atoms with Crippen LogP contribution in [0.2, 0.25) is 0 Å². The Morgan fingerprint density at radius 2 is 2.19 bits per heavy atom. The summed E-state index contributed by atoms with van der Waals surface area (Å²) in [5.74, 6) is 0. The van der Waals surface area contributed by atoms with Gasteiger partial charge < -0.3 is 10.0 Å². The lowest BCUT2D eigenvalue weighted by Gasteiger charge is -2.47. The molecule has 0 radical (unpaired) electrons. The Kier molecular flexibility index (Phi) is 2.61. The lowest BCUT2D eigenvalue weighted by atomic mass is 9.90. The molecular weight excluding hydrogens is 200 g/mol. The largest absolute Gasteiger partial charge is 0.386 e. The summed E-state index contributed by atoms with van der Waals surface area (Å²) in [7, 11) is 0. The molecule has 3 nitrogen and oxygen atoms in total. The van der Waals surface area contributed by atoms with Gasteiger partial charge in [-0.15, -0.1) is 0 Å². The highest BCUT2D eigenvalue weighted by Crippen LogP contribution is 2.30. The number of aryl methyl sites for hydroxylation is 1. The lowest BCUT2D eigenvalue weighted by Crippen LogP contribution is -2.61. The van der Waals surface area contributed by atoms with E-state index in [1.807, 2.05) is 32.0 Å². The van der Waals surface area contributed by atoms with E-state index in [-0.39, 0.29) is 0 Å². The molecule has 0 atom stereocenters. The standard InChI is InChI=1S/C13H16N2O/c1-3-13(16)8-15(9-13)12-5-4-11(7-14)10(2)6-12/h4-6,16H,3,8-9H2,1-2H3. The maximum absolute atomic E-state index is 9.93. The van der Waals surface area contributed by atoms with Crippen LogP contribution in [-0.4, -0.2) is 23.8 Å². The zero-order chi connectivity index (χ0) is 11.8. The summed E-state index contributed by atoms with van der Waals surface area (Å²) < 4.78 is 0. The number of anilines is 1. The molecule has 1 aromatic carbocycles. The second kappa shape index (κ2) is 3.80. The van der Waals surface area contributed by atoms with Crippen LogP contribution in [0.5, 0.6) is 0 Å². The molecule has 1 heterocycles. The number of nitriles is 1. The summed E-state index contributed by atoms with van der Waals surface area (Å²) in [6, 6.07) is 7.95. The third-order valence-electron chi connectivity index (χ3n) is 3.32. The third kappa shape index (κ3) is 1.77. The average molecular weight is 216 g/mol. The molecule has 0 aliphatic carbocycles. The minimum Gasteiger partial charge on any atom is -0.386 e. The zero-order valence-corrected chi connectivity index (χ0v) is 9.70. The number of hydrogen-bond acceptors (Lipinski definition) is 3. The van der Waals surface area contributed by atoms with E-state index in [4.69, 9.17) is 5.26 Å². The van der Waals surface area contributed by atoms with Crippen LogP contribution in [0, 0.1) is 18.3 Å². The molecule has 16 heavy (non-hydrogen) atoms. The van der Waals surface area contributed by atoms with Gasteiger partial charge in [-0.3, -0.25) is 0 Å². The highest BCUT2D eigenvalue weighted by molar-refractivity contribution is 5.55. The van der Waals surface area contributed by atoms with Crippen LogP contribution in [0.1, 0.15) is 24.5 Å². The van der Waals surface area contributed by atoms with E-state index in [1.54, 1.807) is 0 Å². The first-order valence-corrected chi connectivity index (χ1v) is 5.56. The molecule has 2 rings (SSSR count). The fourth-order valence-corrected chi connectivity index (χ4v) is 2.04. The molecule has 1 saturated heterocycles. The van der Waals surface area contributed by atoms with Gasteiger partial charge in [-0.2, -0.15) is 5.26 Å². The van der Waals surface area contributed by atoms with Gasteiger partial charge in [0.25, 0.3) is 0 Å². The topological polar surface area (TPSA) is 47.3 Å². The van der Waals surface area contributed by atoms with Gasteiger partial charge in [-0.1, -0.05) is 6.92 Å². The quantitative estimate of drug-likeness (QED) is 0.820. The maximum atomic E-state index is 9.93. The summed E-state index contributed by atoms with van der Waals surface area (Å²) >= 11 is 0. The van der Waals surface area contributed by atoms with Gasteiger partial charge in [-0.05, 0) is 37.1 Å². The highest BCUT2D eigenvalue weighted by Gasteiger charge is 2.39. The Morgan fingerprint density at radius 1 is 1.50 bits per heavy atom. The number of hydrogen-bond donors (Lipinski definition) is 1. The van der Waals surface area contributed by atoms with E-state index < -0.39 is 5.60 Å². The molecule has 0 aromatic heterocycles. The van der Waals surface area contributed by atoms with Gasteiger partial charge in [0, 0.05) is 18.8 Å². The Labute approximate surface area is 95.9 Å². The molecule has 3 heteroatoms. The number of nitrogens with zero attached hydrogens (tertiary/aromatic N) is 2. The van der Waals surface area contributed by atoms with Crippen LogP contribution in [0.3, 0.4) is 0 Å². The second-order valence-electron chi connectivity index (χ2n) is 4.54. The number of benzene rings is 1. The molecule has 1 aromatic rings. The molecular formula is C13H16N2O. The van der Waals surface area contributed by atoms with E-state index >= 15 is 0 Å². The molecule has 0 unspecified atom stereocenters. The van der Waals surface area contributed by atoms with Gasteiger partial charge in [-0.25, -0.2) is 0 Å². The normalized spacial score (nSPS) is 17.8. The van der Waals surface area contributed by atoms with E-state index in [2.05, 4.69) is 11.0 Å². The first-order valence-electron chi connectivity index (χ1n) is 5.56. The van der Waals surface area contributed by atoms with Crippen molar-refractivity contribution in [3.63, 3.8) is 0 Å². The van der Waals surface area contributed by atoms with Gasteiger partial charge >= 0.3 is 0 Å². The molecule has 0 saturated carbocycles. The first-order chi connectivity index (χ1) is 7.58. The minimum absolute atomic E-state index is 0.512. The van der Waals surface area contributed by atoms with Gasteiger partial charge in [0.15, 0.2) is 0 Å². The number of β-amino-alcohol motifs (C(OH)–C–C–N with tert-alkyl or cyclic N) is 1. The molecule has 84 valence electrons. The van der Waals surface area contributed by atoms with Crippen molar-refractivity contribution in [2.45, 2.75) is 25.9 Å². The minimum atomic E-state index is -0.512. The van der Waals surface area contributed by atoms with Crippen LogP contribution in [0.15, 0.2) is 18.2 Å². The zero-order valence-electron chi connectivity index (χ0n) is 9.70. The SMILES string of the molecule is CCC1(O)CN(c2ccc(C#N)c(C)c2)C1. The number of aliphatic hydroxyl groups is 1. The Hall–Kier alpha value is -1.53. The fraction of sp³-hybridized carbons (Fsp3) is 0.462. The smallest absolute Gasteiger partial charge is 0.0994 e. The molecule has 1 N–H and O–H groups in total. The molecule has 1 aliphatic rings. The van der Waals surface area contributed by atoms with E-state index in [0.29, 0.717) is 13.1 Å². The molecule has 1 aliphatic heterocycles. The second-order valence-corrected chi connectivity index (χ2v) is 4.54. The van der Waals surface area contributed by atoms with Crippen molar-refractivity contribution in [1.29, 1.82) is 5.26 Å². The van der Waals surface area contributed by atoms with Crippen LogP contribution < -0.4 is 4.90 Å². The number of rotatable bonds is 2. The Bertz CT molecular complexity index is 442. The summed E-state index contributed by atoms with van der Waals surface area (Å²) in [5.41, 5.74) is 2.29. The van der Waals surface area contributed by atoms with Crippen LogP contribution in [-0.2, 0) is 0 Å². The van der Waals surface area contributed by atoms with Crippen molar-refractivity contribution in [2.24, 2.45) is 0 Å². The van der Waals surface area contributed by atoms with Gasteiger partial charge in [0.1, 0.15) is 0 Å². The summed E-state index contributed by atoms with van der Waals surface area (Å²) in [6.45, 7) is 5.32. The van der Waals surface area contributed by atoms with Crippen LogP contribution >= 0.6 is 0 Å². The van der Waals surface area contributed by atoms with Crippen LogP contribution in [0.25, 0.3) is 0 Å². The van der Waals surface area contributed by atoms with E-state index in [1.165, 1.54) is 0 Å². The van der Waals surface area contributed by atoms with Crippen molar-refractivity contribution in [2.75, 3.05) is 18.0 Å². The predicted octanol–water partition coefficient (Wildman–Crippen LogP) is 1.83. The maximum Gasteiger partial charge on any atom is 0.0994 e. The van der Waals surface area contributed by atoms with Crippen molar-refractivity contribution < 1.29 is 5.11 Å². The predicted molar refractivity (Wildman–Crippen MR) is 63.3 cm³/mol. The molecule has 1 fully saturated rings. The Morgan fingerprint density at radius 3 is 2.69 bits per heavy atom. The fourth-order valence-electron chi connectivity index (χ4n) is 2.04. The van der Waals surface area contributed by atoms with E-state index in [9.17, 15) is 5.11 Å². The average Bonchev–Trinajstić information content (AvgIpc) is 2.24. The van der Waals surface area contributed by atoms with Crippen molar-refractivity contribution in [1.82, 2.24) is 0 Å². The third-order valence-corrected chi connectivity index (χ3v) is 3.32. The summed E-state index contributed by atoms with van der Waals surface area (Å²) in [6.07, 6.45) is 0.790. The highest BCUT2D eigenvalue weighted by atomic mass is 16.3. The summed E-state index contributed by atoms with van der Waals surface area (Å²) in [4.78, 5) is 2.14. The van der Waals surface area contributed by atoms with Crippen molar-refractivity contribution in [3.05, 3.63) is 29.3 Å². The van der Waals surface area contributed by atoms with Gasteiger partial charge in [0.2, 0.25) is 0 Å². The van der Waals surface area contributed by atoms with Crippen molar-refractivity contribution >= 4 is 5.69 Å². The molecule has 0 spiro atoms. The van der Waals surface area contributed by atoms with Crippen LogP contribution in [0.4, 0.5) is 5.69 Å². The Balaban J connectivity index is 2.14. The molecule has 0 amide bonds.